The van der Waals surface area contributed by atoms with Crippen molar-refractivity contribution in [2.24, 2.45) is 17.8 Å². The minimum Gasteiger partial charge on any atom is -0.146 e. The molecule has 0 nitrogen and oxygen atoms in total. The van der Waals surface area contributed by atoms with Crippen LogP contribution in [0.3, 0.4) is 0 Å². The molecule has 0 aromatic heterocycles. The van der Waals surface area contributed by atoms with Gasteiger partial charge >= 0.3 is 0 Å². The first kappa shape index (κ1) is 19.8. The predicted octanol–water partition coefficient (Wildman–Crippen LogP) is 7.19. The van der Waals surface area contributed by atoms with E-state index in [0.29, 0.717) is 0 Å². The van der Waals surface area contributed by atoms with Crippen molar-refractivity contribution in [3.63, 3.8) is 0 Å². The van der Waals surface area contributed by atoms with E-state index < -0.39 is 6.69 Å². The summed E-state index contributed by atoms with van der Waals surface area (Å²) in [6.07, 6.45) is 7.70. The Morgan fingerprint density at radius 3 is 1.79 bits per heavy atom. The van der Waals surface area contributed by atoms with E-state index in [4.69, 9.17) is 22.2 Å². The molecule has 0 aliphatic carbocycles. The Kier molecular flexibility index (Phi) is 11.0. The Bertz CT molecular complexity index is 217. The van der Waals surface area contributed by atoms with Crippen LogP contribution in [-0.4, -0.2) is 6.69 Å². The largest absolute Gasteiger partial charge is 0.251 e. The van der Waals surface area contributed by atoms with Crippen LogP contribution < -0.4 is 0 Å². The fourth-order valence-corrected chi connectivity index (χ4v) is 5.65. The standard InChI is InChI=1S/C16H34Cl2Si/c1-6-15(4)10-12-19(17,18)13-11-16(5)9-7-8-14(2)3/h14-16H,6-13H2,1-5H3/t15-,16-/m0/s1. The molecule has 0 amide bonds. The summed E-state index contributed by atoms with van der Waals surface area (Å²) in [6, 6.07) is 2.15. The summed E-state index contributed by atoms with van der Waals surface area (Å²) in [6.45, 7) is 9.54. The van der Waals surface area contributed by atoms with Gasteiger partial charge in [-0.3, -0.25) is 0 Å². The second kappa shape index (κ2) is 10.5. The molecule has 116 valence electrons. The molecule has 0 fully saturated rings. The Morgan fingerprint density at radius 1 is 0.789 bits per heavy atom. The van der Waals surface area contributed by atoms with Gasteiger partial charge in [0, 0.05) is 0 Å². The topological polar surface area (TPSA) is 0 Å². The van der Waals surface area contributed by atoms with Gasteiger partial charge < -0.3 is 0 Å². The zero-order valence-corrected chi connectivity index (χ0v) is 16.2. The summed E-state index contributed by atoms with van der Waals surface area (Å²) in [5, 5.41) is 0. The fourth-order valence-electron chi connectivity index (χ4n) is 2.26. The summed E-state index contributed by atoms with van der Waals surface area (Å²) in [4.78, 5) is 0. The van der Waals surface area contributed by atoms with Crippen LogP contribution in [0.2, 0.25) is 12.1 Å². The van der Waals surface area contributed by atoms with E-state index in [1.54, 1.807) is 0 Å². The molecule has 0 rings (SSSR count). The third-order valence-corrected chi connectivity index (χ3v) is 8.49. The molecule has 0 aliphatic heterocycles. The first-order valence-electron chi connectivity index (χ1n) is 8.14. The lowest BCUT2D eigenvalue weighted by Crippen LogP contribution is -2.20. The third kappa shape index (κ3) is 12.3. The average molecular weight is 325 g/mol. The number of halogens is 2. The maximum atomic E-state index is 6.57. The summed E-state index contributed by atoms with van der Waals surface area (Å²) in [5.74, 6) is 2.39. The molecule has 0 unspecified atom stereocenters. The molecule has 0 bridgehead atoms. The molecular weight excluding hydrogens is 291 g/mol. The van der Waals surface area contributed by atoms with Crippen molar-refractivity contribution in [2.45, 2.75) is 85.2 Å². The number of hydrogen-bond donors (Lipinski definition) is 0. The minimum atomic E-state index is -1.96. The van der Waals surface area contributed by atoms with Crippen LogP contribution in [0, 0.1) is 17.8 Å². The van der Waals surface area contributed by atoms with Crippen LogP contribution in [0.15, 0.2) is 0 Å². The van der Waals surface area contributed by atoms with Gasteiger partial charge in [-0.05, 0) is 29.8 Å². The van der Waals surface area contributed by atoms with Crippen molar-refractivity contribution in [1.29, 1.82) is 0 Å². The Balaban J connectivity index is 3.76. The van der Waals surface area contributed by atoms with Gasteiger partial charge in [0.05, 0.1) is 0 Å². The SMILES string of the molecule is CC[C@H](C)CC[Si](Cl)(Cl)CC[C@@H](C)CCCC(C)C. The van der Waals surface area contributed by atoms with Crippen molar-refractivity contribution in [3.05, 3.63) is 0 Å². The second-order valence-corrected chi connectivity index (χ2v) is 14.5. The first-order chi connectivity index (χ1) is 8.76. The molecule has 0 N–H and O–H groups in total. The highest BCUT2D eigenvalue weighted by Crippen LogP contribution is 2.33. The molecule has 19 heavy (non-hydrogen) atoms. The number of rotatable bonds is 11. The molecule has 0 aromatic rings. The highest BCUT2D eigenvalue weighted by atomic mass is 35.7. The maximum absolute atomic E-state index is 6.57. The van der Waals surface area contributed by atoms with E-state index in [9.17, 15) is 0 Å². The lowest BCUT2D eigenvalue weighted by molar-refractivity contribution is 0.448. The molecule has 0 radical (unpaired) electrons. The molecule has 0 spiro atoms. The van der Waals surface area contributed by atoms with Gasteiger partial charge in [0.25, 0.3) is 6.69 Å². The molecule has 3 heteroatoms. The van der Waals surface area contributed by atoms with Crippen LogP contribution in [0.5, 0.6) is 0 Å². The molecule has 0 saturated carbocycles. The Hall–Kier alpha value is 0.797. The van der Waals surface area contributed by atoms with Crippen LogP contribution in [0.4, 0.5) is 0 Å². The first-order valence-corrected chi connectivity index (χ1v) is 12.6. The lowest BCUT2D eigenvalue weighted by Gasteiger charge is -2.21. The van der Waals surface area contributed by atoms with Gasteiger partial charge in [-0.2, -0.15) is 0 Å². The van der Waals surface area contributed by atoms with Crippen LogP contribution >= 0.6 is 22.2 Å². The second-order valence-electron chi connectivity index (χ2n) is 6.88. The summed E-state index contributed by atoms with van der Waals surface area (Å²) < 4.78 is 0. The van der Waals surface area contributed by atoms with E-state index in [1.807, 2.05) is 0 Å². The Morgan fingerprint density at radius 2 is 1.32 bits per heavy atom. The minimum absolute atomic E-state index is 0.771. The Labute approximate surface area is 132 Å². The van der Waals surface area contributed by atoms with Crippen LogP contribution in [0.1, 0.15) is 73.1 Å². The van der Waals surface area contributed by atoms with Crippen molar-refractivity contribution in [2.75, 3.05) is 0 Å². The summed E-state index contributed by atoms with van der Waals surface area (Å²) in [7, 11) is 0. The maximum Gasteiger partial charge on any atom is 0.251 e. The van der Waals surface area contributed by atoms with Gasteiger partial charge in [-0.25, -0.2) is 0 Å². The highest BCUT2D eigenvalue weighted by Gasteiger charge is 2.28. The average Bonchev–Trinajstić information content (AvgIpc) is 2.33. The zero-order chi connectivity index (χ0) is 14.9. The van der Waals surface area contributed by atoms with E-state index in [1.165, 1.54) is 38.5 Å². The van der Waals surface area contributed by atoms with Gasteiger partial charge in [-0.1, -0.05) is 73.1 Å². The highest BCUT2D eigenvalue weighted by molar-refractivity contribution is 7.45. The fraction of sp³-hybridized carbons (Fsp3) is 1.00. The lowest BCUT2D eigenvalue weighted by atomic mass is 9.98. The zero-order valence-electron chi connectivity index (χ0n) is 13.6. The van der Waals surface area contributed by atoms with Gasteiger partial charge in [0.2, 0.25) is 0 Å². The monoisotopic (exact) mass is 324 g/mol. The van der Waals surface area contributed by atoms with Crippen molar-refractivity contribution in [3.8, 4) is 0 Å². The smallest absolute Gasteiger partial charge is 0.146 e. The van der Waals surface area contributed by atoms with E-state index in [2.05, 4.69) is 34.6 Å². The molecule has 0 heterocycles. The van der Waals surface area contributed by atoms with Crippen molar-refractivity contribution < 1.29 is 0 Å². The molecule has 0 saturated heterocycles. The normalized spacial score (nSPS) is 15.8. The molecule has 0 aliphatic rings. The van der Waals surface area contributed by atoms with Gasteiger partial charge in [0.15, 0.2) is 0 Å². The van der Waals surface area contributed by atoms with Crippen molar-refractivity contribution >= 4 is 28.9 Å². The van der Waals surface area contributed by atoms with E-state index in [-0.39, 0.29) is 0 Å². The van der Waals surface area contributed by atoms with Crippen LogP contribution in [-0.2, 0) is 0 Å². The number of hydrogen-bond acceptors (Lipinski definition) is 0. The van der Waals surface area contributed by atoms with E-state index in [0.717, 1.165) is 29.8 Å². The van der Waals surface area contributed by atoms with Gasteiger partial charge in [-0.15, -0.1) is 22.2 Å². The summed E-state index contributed by atoms with van der Waals surface area (Å²) in [5.41, 5.74) is 0. The molecule has 0 aromatic carbocycles. The van der Waals surface area contributed by atoms with Gasteiger partial charge in [0.1, 0.15) is 0 Å². The quantitative estimate of drug-likeness (QED) is 0.278. The molecule has 2 atom stereocenters. The third-order valence-electron chi connectivity index (χ3n) is 4.18. The van der Waals surface area contributed by atoms with E-state index >= 15 is 0 Å². The summed E-state index contributed by atoms with van der Waals surface area (Å²) >= 11 is 13.1. The predicted molar refractivity (Wildman–Crippen MR) is 93.6 cm³/mol. The van der Waals surface area contributed by atoms with Crippen LogP contribution in [0.25, 0.3) is 0 Å². The van der Waals surface area contributed by atoms with Crippen molar-refractivity contribution in [1.82, 2.24) is 0 Å². The molecular formula is C16H34Cl2Si.